The van der Waals surface area contributed by atoms with Gasteiger partial charge >= 0.3 is 11.9 Å². The Morgan fingerprint density at radius 3 is 1.47 bits per heavy atom. The number of aromatic nitrogens is 8. The van der Waals surface area contributed by atoms with Crippen molar-refractivity contribution in [1.82, 2.24) is 49.7 Å². The van der Waals surface area contributed by atoms with E-state index in [1.165, 1.54) is 21.8 Å². The summed E-state index contributed by atoms with van der Waals surface area (Å²) in [5.41, 5.74) is 8.74. The summed E-state index contributed by atoms with van der Waals surface area (Å²) in [6, 6.07) is -2.52. The summed E-state index contributed by atoms with van der Waals surface area (Å²) in [6.07, 6.45) is -0.174. The van der Waals surface area contributed by atoms with Crippen LogP contribution in [0.1, 0.15) is 40.5 Å². The van der Waals surface area contributed by atoms with Crippen molar-refractivity contribution in [1.29, 1.82) is 0 Å². The van der Waals surface area contributed by atoms with Gasteiger partial charge in [-0.3, -0.25) is 48.9 Å². The molecule has 51 heavy (non-hydrogen) atoms. The number of nitrogens with two attached hydrogens (primary N) is 2. The number of carbonyl (C=O) groups is 2. The predicted molar refractivity (Wildman–Crippen MR) is 180 cm³/mol. The molecular formula is C29H44N12O10. The molecule has 0 fully saturated rings. The number of hydrogen-bond acceptors (Lipinski definition) is 16. The van der Waals surface area contributed by atoms with Gasteiger partial charge in [0.05, 0.1) is 43.7 Å². The number of ether oxygens (including phenoxy) is 2. The molecule has 4 rings (SSSR count). The average Bonchev–Trinajstić information content (AvgIpc) is 3.66. The molecular weight excluding hydrogens is 676 g/mol. The van der Waals surface area contributed by atoms with Crippen LogP contribution in [0.2, 0.25) is 0 Å². The van der Waals surface area contributed by atoms with Gasteiger partial charge < -0.3 is 41.4 Å². The number of hydrogen-bond donors (Lipinski definition) is 10. The molecule has 0 amide bonds. The molecule has 4 aromatic rings. The Bertz CT molecular complexity index is 1800. The van der Waals surface area contributed by atoms with Gasteiger partial charge in [0.25, 0.3) is 11.1 Å². The fourth-order valence-corrected chi connectivity index (χ4v) is 5.61. The fraction of sp³-hybridized carbons (Fsp3) is 0.586. The number of aliphatic carboxylic acids is 2. The lowest BCUT2D eigenvalue weighted by Crippen LogP contribution is -2.69. The van der Waals surface area contributed by atoms with Crippen molar-refractivity contribution in [2.45, 2.75) is 84.0 Å². The van der Waals surface area contributed by atoms with Crippen LogP contribution in [-0.4, -0.2) is 115 Å². The van der Waals surface area contributed by atoms with Gasteiger partial charge in [0.15, 0.2) is 22.3 Å². The number of aromatic amines is 2. The molecule has 2 unspecified atom stereocenters. The first kappa shape index (κ1) is 38.8. The highest BCUT2D eigenvalue weighted by molar-refractivity contribution is 5.75. The number of nitrogens with zero attached hydrogens (tertiary/aromatic N) is 6. The Morgan fingerprint density at radius 2 is 1.16 bits per heavy atom. The zero-order valence-corrected chi connectivity index (χ0v) is 28.4. The third-order valence-electron chi connectivity index (χ3n) is 8.17. The summed E-state index contributed by atoms with van der Waals surface area (Å²) in [5.74, 6) is -3.85. The third kappa shape index (κ3) is 9.22. The Balaban J connectivity index is 1.71. The number of rotatable bonds is 20. The minimum atomic E-state index is -1.70. The molecule has 4 aromatic heterocycles. The van der Waals surface area contributed by atoms with E-state index in [0.29, 0.717) is 0 Å². The first-order valence-corrected chi connectivity index (χ1v) is 15.9. The highest BCUT2D eigenvalue weighted by Gasteiger charge is 2.43. The summed E-state index contributed by atoms with van der Waals surface area (Å²) in [6.45, 7) is 4.78. The van der Waals surface area contributed by atoms with E-state index >= 15 is 0 Å². The lowest BCUT2D eigenvalue weighted by molar-refractivity contribution is -0.145. The molecule has 4 heterocycles. The summed E-state index contributed by atoms with van der Waals surface area (Å²) in [4.78, 5) is 70.5. The number of H-pyrrole nitrogens is 2. The second kappa shape index (κ2) is 16.3. The van der Waals surface area contributed by atoms with Crippen molar-refractivity contribution in [2.75, 3.05) is 24.7 Å². The molecule has 0 aliphatic heterocycles. The summed E-state index contributed by atoms with van der Waals surface area (Å²) >= 11 is 0. The molecule has 0 saturated carbocycles. The second-order valence-electron chi connectivity index (χ2n) is 12.8. The smallest absolute Gasteiger partial charge is 0.321 e. The number of aliphatic hydroxyl groups excluding tert-OH is 2. The molecule has 0 radical (unpaired) electrons. The molecule has 22 nitrogen and oxygen atoms in total. The zero-order valence-electron chi connectivity index (χ0n) is 28.4. The van der Waals surface area contributed by atoms with Gasteiger partial charge in [0.2, 0.25) is 11.9 Å². The lowest BCUT2D eigenvalue weighted by Gasteiger charge is -2.44. The summed E-state index contributed by atoms with van der Waals surface area (Å²) in [5, 5.41) is 47.6. The zero-order chi connectivity index (χ0) is 37.6. The Hall–Kier alpha value is -5.00. The number of fused-ring (bicyclic) bond motifs is 2. The first-order chi connectivity index (χ1) is 24.1. The van der Waals surface area contributed by atoms with E-state index in [2.05, 4.69) is 40.5 Å². The highest BCUT2D eigenvalue weighted by atomic mass is 16.5. The maximum Gasteiger partial charge on any atom is 0.321 e. The van der Waals surface area contributed by atoms with Gasteiger partial charge in [-0.25, -0.2) is 9.97 Å². The predicted octanol–water partition coefficient (Wildman–Crippen LogP) is -2.04. The van der Waals surface area contributed by atoms with E-state index in [4.69, 9.17) is 20.9 Å². The van der Waals surface area contributed by atoms with Crippen molar-refractivity contribution in [2.24, 2.45) is 11.8 Å². The maximum absolute atomic E-state index is 12.5. The Morgan fingerprint density at radius 1 is 0.784 bits per heavy atom. The van der Waals surface area contributed by atoms with Crippen LogP contribution in [0.3, 0.4) is 0 Å². The Kier molecular flexibility index (Phi) is 12.4. The van der Waals surface area contributed by atoms with Crippen molar-refractivity contribution < 1.29 is 39.5 Å². The van der Waals surface area contributed by atoms with Gasteiger partial charge in [-0.2, -0.15) is 9.97 Å². The lowest BCUT2D eigenvalue weighted by atomic mass is 9.89. The van der Waals surface area contributed by atoms with Crippen LogP contribution in [0, 0.1) is 11.8 Å². The minimum Gasteiger partial charge on any atom is -0.480 e. The molecule has 0 bridgehead atoms. The number of imidazole rings is 2. The maximum atomic E-state index is 12.5. The van der Waals surface area contributed by atoms with Crippen LogP contribution >= 0.6 is 0 Å². The average molecular weight is 721 g/mol. The van der Waals surface area contributed by atoms with E-state index in [1.54, 1.807) is 27.7 Å². The molecule has 22 heteroatoms. The normalized spacial score (nSPS) is 14.7. The van der Waals surface area contributed by atoms with Crippen LogP contribution in [-0.2, 0) is 32.5 Å². The molecule has 0 aromatic carbocycles. The molecule has 0 saturated heterocycles. The number of anilines is 2. The third-order valence-corrected chi connectivity index (χ3v) is 8.17. The number of nitrogens with one attached hydrogen (secondary N) is 4. The van der Waals surface area contributed by atoms with Crippen molar-refractivity contribution in [3.8, 4) is 0 Å². The number of carboxylic acid groups (broad SMARTS) is 2. The van der Waals surface area contributed by atoms with Crippen molar-refractivity contribution in [3.63, 3.8) is 0 Å². The van der Waals surface area contributed by atoms with E-state index in [9.17, 15) is 39.6 Å². The molecule has 0 aliphatic carbocycles. The summed E-state index contributed by atoms with van der Waals surface area (Å²) in [7, 11) is 0. The van der Waals surface area contributed by atoms with Gasteiger partial charge in [0.1, 0.15) is 25.5 Å². The second-order valence-corrected chi connectivity index (χ2v) is 12.8. The SMILES string of the molecule is CC(C)[C@@H](NC(CC(CO)OCn1cnc2c(=O)[nH]c(N)nc21)(CC(CO)OCn1cnc2c(=O)[nH]c(N)nc21)N[C@@H](C(=O)O)C(C)C)C(=O)O. The number of nitrogen functional groups attached to an aromatic ring is 2. The van der Waals surface area contributed by atoms with Crippen LogP contribution in [0.15, 0.2) is 22.2 Å². The standard InChI is InChI=1S/C29H44N12O10/c1-13(2)17(25(46)47)38-29(39-18(14(3)4)26(48)49,5-15(7-42)50-11-40-9-32-19-21(40)34-27(30)36-23(19)44)6-16(8-43)51-12-41-10-33-20-22(41)35-28(31)37-24(20)45/h9-10,13-18,38-39,42-43H,5-8,11-12H2,1-4H3,(H,46,47)(H,48,49)(H3,30,34,36,44)(H3,31,35,37,45)/t15?,16?,17-,18-/m1/s1. The van der Waals surface area contributed by atoms with E-state index in [0.717, 1.165) is 0 Å². The Labute approximate surface area is 289 Å². The van der Waals surface area contributed by atoms with Gasteiger partial charge in [-0.05, 0) is 11.8 Å². The highest BCUT2D eigenvalue weighted by Crippen LogP contribution is 2.26. The number of aliphatic hydroxyl groups is 2. The first-order valence-electron chi connectivity index (χ1n) is 15.9. The van der Waals surface area contributed by atoms with E-state index in [-0.39, 0.29) is 60.5 Å². The van der Waals surface area contributed by atoms with Gasteiger partial charge in [0, 0.05) is 12.8 Å². The van der Waals surface area contributed by atoms with E-state index in [1.807, 2.05) is 0 Å². The quantitative estimate of drug-likeness (QED) is 0.0440. The molecule has 12 N–H and O–H groups in total. The monoisotopic (exact) mass is 720 g/mol. The molecule has 280 valence electrons. The van der Waals surface area contributed by atoms with Gasteiger partial charge in [-0.15, -0.1) is 0 Å². The van der Waals surface area contributed by atoms with Crippen LogP contribution in [0.25, 0.3) is 22.3 Å². The molecule has 0 aliphatic rings. The molecule has 0 spiro atoms. The number of carboxylic acids is 2. The minimum absolute atomic E-state index is 0.00963. The van der Waals surface area contributed by atoms with Crippen molar-refractivity contribution in [3.05, 3.63) is 33.4 Å². The van der Waals surface area contributed by atoms with Gasteiger partial charge in [-0.1, -0.05) is 27.7 Å². The van der Waals surface area contributed by atoms with Crippen LogP contribution < -0.4 is 33.2 Å². The topological polar surface area (TPSA) is 337 Å². The van der Waals surface area contributed by atoms with E-state index < -0.39 is 78.1 Å². The largest absolute Gasteiger partial charge is 0.480 e. The fourth-order valence-electron chi connectivity index (χ4n) is 5.61. The van der Waals surface area contributed by atoms with Crippen LogP contribution in [0.4, 0.5) is 11.9 Å². The van der Waals surface area contributed by atoms with Crippen LogP contribution in [0.5, 0.6) is 0 Å². The summed E-state index contributed by atoms with van der Waals surface area (Å²) < 4.78 is 14.8. The molecule has 4 atom stereocenters. The van der Waals surface area contributed by atoms with Crippen molar-refractivity contribution >= 4 is 46.2 Å².